The highest BCUT2D eigenvalue weighted by Crippen LogP contribution is 2.16. The summed E-state index contributed by atoms with van der Waals surface area (Å²) < 4.78 is 0. The van der Waals surface area contributed by atoms with E-state index in [9.17, 15) is 4.79 Å². The second-order valence-electron chi connectivity index (χ2n) is 5.06. The minimum atomic E-state index is 0.0986. The molecule has 0 atom stereocenters. The van der Waals surface area contributed by atoms with Crippen LogP contribution in [0.15, 0.2) is 5.16 Å². The van der Waals surface area contributed by atoms with Gasteiger partial charge < -0.3 is 5.32 Å². The zero-order chi connectivity index (χ0) is 14.4. The monoisotopic (exact) mass is 281 g/mol. The third-order valence-corrected chi connectivity index (χ3v) is 3.44. The number of nitrogens with one attached hydrogen (secondary N) is 1. The maximum atomic E-state index is 11.7. The first-order chi connectivity index (χ1) is 8.93. The van der Waals surface area contributed by atoms with Gasteiger partial charge in [0.1, 0.15) is 0 Å². The van der Waals surface area contributed by atoms with Crippen molar-refractivity contribution in [2.75, 3.05) is 12.8 Å². The van der Waals surface area contributed by atoms with Gasteiger partial charge in [-0.1, -0.05) is 25.6 Å². The third kappa shape index (κ3) is 5.19. The predicted molar refractivity (Wildman–Crippen MR) is 79.5 cm³/mol. The Morgan fingerprint density at radius 2 is 1.84 bits per heavy atom. The fraction of sp³-hybridized carbons (Fsp3) is 0.643. The summed E-state index contributed by atoms with van der Waals surface area (Å²) in [4.78, 5) is 20.6. The Bertz CT molecular complexity index is 423. The molecule has 1 aromatic rings. The minimum absolute atomic E-state index is 0.0986. The Labute approximate surface area is 119 Å². The largest absolute Gasteiger partial charge is 0.356 e. The van der Waals surface area contributed by atoms with Crippen molar-refractivity contribution < 1.29 is 4.79 Å². The molecule has 1 rings (SSSR count). The highest BCUT2D eigenvalue weighted by atomic mass is 32.2. The minimum Gasteiger partial charge on any atom is -0.356 e. The molecule has 5 heteroatoms. The molecule has 0 unspecified atom stereocenters. The molecule has 19 heavy (non-hydrogen) atoms. The van der Waals surface area contributed by atoms with Crippen LogP contribution in [0.2, 0.25) is 0 Å². The van der Waals surface area contributed by atoms with E-state index in [4.69, 9.17) is 0 Å². The predicted octanol–water partition coefficient (Wildman–Crippen LogP) is 2.52. The van der Waals surface area contributed by atoms with E-state index >= 15 is 0 Å². The van der Waals surface area contributed by atoms with Crippen LogP contribution in [0.4, 0.5) is 0 Å². The van der Waals surface area contributed by atoms with Crippen LogP contribution in [0.5, 0.6) is 0 Å². The lowest BCUT2D eigenvalue weighted by molar-refractivity contribution is -0.121. The summed E-state index contributed by atoms with van der Waals surface area (Å²) in [5, 5.41) is 3.72. The zero-order valence-electron chi connectivity index (χ0n) is 12.4. The van der Waals surface area contributed by atoms with Crippen LogP contribution in [0.1, 0.15) is 37.2 Å². The summed E-state index contributed by atoms with van der Waals surface area (Å²) in [5.41, 5.74) is 3.06. The SMILES string of the molecule is CSc1nc(C)c(CCC(=O)NCC(C)C)c(C)n1. The average Bonchev–Trinajstić information content (AvgIpc) is 2.34. The summed E-state index contributed by atoms with van der Waals surface area (Å²) >= 11 is 1.54. The van der Waals surface area contributed by atoms with E-state index in [0.29, 0.717) is 18.8 Å². The lowest BCUT2D eigenvalue weighted by atomic mass is 10.1. The topological polar surface area (TPSA) is 54.9 Å². The fourth-order valence-electron chi connectivity index (χ4n) is 1.81. The zero-order valence-corrected chi connectivity index (χ0v) is 13.2. The summed E-state index contributed by atoms with van der Waals surface area (Å²) in [6.07, 6.45) is 3.17. The van der Waals surface area contributed by atoms with E-state index in [1.165, 1.54) is 0 Å². The smallest absolute Gasteiger partial charge is 0.220 e. The van der Waals surface area contributed by atoms with Gasteiger partial charge in [0.15, 0.2) is 5.16 Å². The van der Waals surface area contributed by atoms with E-state index in [2.05, 4.69) is 29.1 Å². The summed E-state index contributed by atoms with van der Waals surface area (Å²) in [7, 11) is 0. The van der Waals surface area contributed by atoms with Gasteiger partial charge in [0.2, 0.25) is 5.91 Å². The van der Waals surface area contributed by atoms with Gasteiger partial charge in [0.25, 0.3) is 0 Å². The molecule has 0 saturated carbocycles. The molecule has 1 heterocycles. The Hall–Kier alpha value is -1.10. The number of aryl methyl sites for hydroxylation is 2. The second kappa shape index (κ2) is 7.48. The van der Waals surface area contributed by atoms with Crippen molar-refractivity contribution in [2.24, 2.45) is 5.92 Å². The highest BCUT2D eigenvalue weighted by molar-refractivity contribution is 7.98. The van der Waals surface area contributed by atoms with Crippen molar-refractivity contribution in [3.05, 3.63) is 17.0 Å². The van der Waals surface area contributed by atoms with Crippen LogP contribution < -0.4 is 5.32 Å². The molecule has 106 valence electrons. The van der Waals surface area contributed by atoms with Gasteiger partial charge in [-0.3, -0.25) is 4.79 Å². The Kier molecular flexibility index (Phi) is 6.28. The molecular weight excluding hydrogens is 258 g/mol. The molecule has 0 aliphatic carbocycles. The number of rotatable bonds is 6. The molecule has 0 spiro atoms. The van der Waals surface area contributed by atoms with Gasteiger partial charge in [-0.15, -0.1) is 0 Å². The third-order valence-electron chi connectivity index (χ3n) is 2.89. The van der Waals surface area contributed by atoms with Gasteiger partial charge >= 0.3 is 0 Å². The van der Waals surface area contributed by atoms with E-state index in [-0.39, 0.29) is 5.91 Å². The van der Waals surface area contributed by atoms with Crippen molar-refractivity contribution in [2.45, 2.75) is 45.7 Å². The number of carbonyl (C=O) groups is 1. The van der Waals surface area contributed by atoms with E-state index in [1.807, 2.05) is 20.1 Å². The van der Waals surface area contributed by atoms with Crippen LogP contribution in [0.25, 0.3) is 0 Å². The number of carbonyl (C=O) groups excluding carboxylic acids is 1. The highest BCUT2D eigenvalue weighted by Gasteiger charge is 2.10. The maximum Gasteiger partial charge on any atom is 0.220 e. The van der Waals surface area contributed by atoms with Gasteiger partial charge in [0.05, 0.1) is 0 Å². The molecule has 0 aliphatic rings. The summed E-state index contributed by atoms with van der Waals surface area (Å²) in [6.45, 7) is 8.87. The first kappa shape index (κ1) is 16.0. The van der Waals surface area contributed by atoms with Gasteiger partial charge in [-0.2, -0.15) is 0 Å². The van der Waals surface area contributed by atoms with Crippen molar-refractivity contribution >= 4 is 17.7 Å². The molecule has 4 nitrogen and oxygen atoms in total. The average molecular weight is 281 g/mol. The first-order valence-electron chi connectivity index (χ1n) is 6.58. The number of amides is 1. The molecule has 0 radical (unpaired) electrons. The summed E-state index contributed by atoms with van der Waals surface area (Å²) in [5.74, 6) is 0.582. The molecule has 1 N–H and O–H groups in total. The van der Waals surface area contributed by atoms with E-state index in [0.717, 1.165) is 28.7 Å². The normalized spacial score (nSPS) is 10.8. The fourth-order valence-corrected chi connectivity index (χ4v) is 2.26. The van der Waals surface area contributed by atoms with Gasteiger partial charge in [0, 0.05) is 24.4 Å². The molecule has 0 saturated heterocycles. The lowest BCUT2D eigenvalue weighted by Crippen LogP contribution is -2.27. The van der Waals surface area contributed by atoms with Crippen molar-refractivity contribution in [3.8, 4) is 0 Å². The number of thioether (sulfide) groups is 1. The van der Waals surface area contributed by atoms with Crippen molar-refractivity contribution in [1.82, 2.24) is 15.3 Å². The number of hydrogen-bond donors (Lipinski definition) is 1. The van der Waals surface area contributed by atoms with Crippen LogP contribution in [-0.2, 0) is 11.2 Å². The van der Waals surface area contributed by atoms with Crippen LogP contribution in [0.3, 0.4) is 0 Å². The maximum absolute atomic E-state index is 11.7. The van der Waals surface area contributed by atoms with E-state index in [1.54, 1.807) is 11.8 Å². The van der Waals surface area contributed by atoms with Gasteiger partial charge in [-0.05, 0) is 38.0 Å². The van der Waals surface area contributed by atoms with Crippen molar-refractivity contribution in [3.63, 3.8) is 0 Å². The van der Waals surface area contributed by atoms with Crippen LogP contribution in [-0.4, -0.2) is 28.7 Å². The standard InChI is InChI=1S/C14H23N3OS/c1-9(2)8-15-13(18)7-6-12-10(3)16-14(19-5)17-11(12)4/h9H,6-8H2,1-5H3,(H,15,18). The molecular formula is C14H23N3OS. The molecule has 1 amide bonds. The Balaban J connectivity index is 2.60. The van der Waals surface area contributed by atoms with E-state index < -0.39 is 0 Å². The number of aromatic nitrogens is 2. The Morgan fingerprint density at radius 3 is 2.32 bits per heavy atom. The van der Waals surface area contributed by atoms with Crippen LogP contribution in [0, 0.1) is 19.8 Å². The first-order valence-corrected chi connectivity index (χ1v) is 7.81. The molecule has 0 fully saturated rings. The molecule has 0 aliphatic heterocycles. The molecule has 0 bridgehead atoms. The molecule has 1 aromatic heterocycles. The molecule has 0 aromatic carbocycles. The van der Waals surface area contributed by atoms with Crippen molar-refractivity contribution in [1.29, 1.82) is 0 Å². The number of nitrogens with zero attached hydrogens (tertiary/aromatic N) is 2. The van der Waals surface area contributed by atoms with Gasteiger partial charge in [-0.25, -0.2) is 9.97 Å². The second-order valence-corrected chi connectivity index (χ2v) is 5.83. The summed E-state index contributed by atoms with van der Waals surface area (Å²) in [6, 6.07) is 0. The van der Waals surface area contributed by atoms with Crippen LogP contribution >= 0.6 is 11.8 Å². The number of hydrogen-bond acceptors (Lipinski definition) is 4. The lowest BCUT2D eigenvalue weighted by Gasteiger charge is -2.11. The quantitative estimate of drug-likeness (QED) is 0.643. The Morgan fingerprint density at radius 1 is 1.26 bits per heavy atom.